The quantitative estimate of drug-likeness (QED) is 0.565. The number of hydrogen-bond acceptors (Lipinski definition) is 2. The van der Waals surface area contributed by atoms with Crippen LogP contribution in [0.15, 0.2) is 0 Å². The Labute approximate surface area is 95.8 Å². The van der Waals surface area contributed by atoms with Crippen molar-refractivity contribution in [2.45, 2.75) is 59.5 Å². The van der Waals surface area contributed by atoms with Gasteiger partial charge in [0.2, 0.25) is 0 Å². The van der Waals surface area contributed by atoms with Gasteiger partial charge in [0.25, 0.3) is 0 Å². The van der Waals surface area contributed by atoms with E-state index in [-0.39, 0.29) is 0 Å². The third-order valence-electron chi connectivity index (χ3n) is 2.60. The maximum absolute atomic E-state index is 5.89. The Kier molecular flexibility index (Phi) is 10.4. The van der Waals surface area contributed by atoms with E-state index >= 15 is 0 Å². The lowest BCUT2D eigenvalue weighted by atomic mass is 10.1. The van der Waals surface area contributed by atoms with Crippen LogP contribution in [0.5, 0.6) is 0 Å². The molecule has 15 heavy (non-hydrogen) atoms. The molecule has 0 saturated carbocycles. The fraction of sp³-hybridized carbons (Fsp3) is 1.00. The summed E-state index contributed by atoms with van der Waals surface area (Å²) < 4.78 is 5.89. The molecule has 0 radical (unpaired) electrons. The Balaban J connectivity index is 3.54. The number of unbranched alkanes of at least 4 members (excludes halogenated alkanes) is 2. The molecule has 0 bridgehead atoms. The van der Waals surface area contributed by atoms with Crippen LogP contribution in [0.4, 0.5) is 0 Å². The number of nitrogens with one attached hydrogen (secondary N) is 1. The molecule has 0 saturated heterocycles. The predicted octanol–water partition coefficient (Wildman–Crippen LogP) is 3.22. The Hall–Kier alpha value is -0.0800. The van der Waals surface area contributed by atoms with Gasteiger partial charge in [-0.2, -0.15) is 0 Å². The van der Waals surface area contributed by atoms with Crippen LogP contribution in [-0.4, -0.2) is 25.8 Å². The summed E-state index contributed by atoms with van der Waals surface area (Å²) in [5.74, 6) is 0.607. The Morgan fingerprint density at radius 3 is 2.33 bits per heavy atom. The summed E-state index contributed by atoms with van der Waals surface area (Å²) >= 11 is 0. The molecule has 92 valence electrons. The van der Waals surface area contributed by atoms with E-state index in [0.717, 1.165) is 19.7 Å². The fourth-order valence-electron chi connectivity index (χ4n) is 1.49. The van der Waals surface area contributed by atoms with E-state index < -0.39 is 0 Å². The van der Waals surface area contributed by atoms with Crippen molar-refractivity contribution in [3.63, 3.8) is 0 Å². The van der Waals surface area contributed by atoms with E-state index in [1.54, 1.807) is 0 Å². The van der Waals surface area contributed by atoms with Crippen LogP contribution in [0, 0.1) is 5.92 Å². The molecule has 0 amide bonds. The molecule has 2 nitrogen and oxygen atoms in total. The largest absolute Gasteiger partial charge is 0.377 e. The standard InChI is InChI=1S/C13H29NO/c1-5-7-8-10-15-13(12(3)4)11-14-9-6-2/h12-14H,5-11H2,1-4H3. The van der Waals surface area contributed by atoms with E-state index in [1.165, 1.54) is 25.7 Å². The number of hydrogen-bond donors (Lipinski definition) is 1. The SMILES string of the molecule is CCCCCOC(CNCCC)C(C)C. The van der Waals surface area contributed by atoms with Gasteiger partial charge in [0.15, 0.2) is 0 Å². The molecule has 2 heteroatoms. The van der Waals surface area contributed by atoms with E-state index in [9.17, 15) is 0 Å². The molecule has 0 aromatic rings. The van der Waals surface area contributed by atoms with Gasteiger partial charge in [-0.1, -0.05) is 40.5 Å². The zero-order valence-corrected chi connectivity index (χ0v) is 11.0. The normalized spacial score (nSPS) is 13.4. The zero-order chi connectivity index (χ0) is 11.5. The lowest BCUT2D eigenvalue weighted by molar-refractivity contribution is 0.0211. The second kappa shape index (κ2) is 10.4. The van der Waals surface area contributed by atoms with Crippen LogP contribution in [-0.2, 0) is 4.74 Å². The van der Waals surface area contributed by atoms with E-state index in [0.29, 0.717) is 12.0 Å². The summed E-state index contributed by atoms with van der Waals surface area (Å²) in [6, 6.07) is 0. The smallest absolute Gasteiger partial charge is 0.0722 e. The average molecular weight is 215 g/mol. The Morgan fingerprint density at radius 1 is 1.07 bits per heavy atom. The summed E-state index contributed by atoms with van der Waals surface area (Å²) in [7, 11) is 0. The molecular weight excluding hydrogens is 186 g/mol. The highest BCUT2D eigenvalue weighted by Crippen LogP contribution is 2.07. The van der Waals surface area contributed by atoms with Gasteiger partial charge >= 0.3 is 0 Å². The molecule has 0 spiro atoms. The summed E-state index contributed by atoms with van der Waals surface area (Å²) in [6.45, 7) is 11.9. The monoisotopic (exact) mass is 215 g/mol. The van der Waals surface area contributed by atoms with Crippen LogP contribution in [0.2, 0.25) is 0 Å². The molecule has 0 fully saturated rings. The highest BCUT2D eigenvalue weighted by Gasteiger charge is 2.12. The zero-order valence-electron chi connectivity index (χ0n) is 11.0. The molecule has 0 aliphatic rings. The highest BCUT2D eigenvalue weighted by atomic mass is 16.5. The summed E-state index contributed by atoms with van der Waals surface area (Å²) in [5.41, 5.74) is 0. The molecule has 0 aliphatic heterocycles. The predicted molar refractivity (Wildman–Crippen MR) is 67.3 cm³/mol. The van der Waals surface area contributed by atoms with Crippen LogP contribution < -0.4 is 5.32 Å². The van der Waals surface area contributed by atoms with Crippen LogP contribution in [0.3, 0.4) is 0 Å². The van der Waals surface area contributed by atoms with Crippen molar-refractivity contribution < 1.29 is 4.74 Å². The van der Waals surface area contributed by atoms with Crippen molar-refractivity contribution in [1.29, 1.82) is 0 Å². The van der Waals surface area contributed by atoms with Crippen molar-refractivity contribution in [2.24, 2.45) is 5.92 Å². The third kappa shape index (κ3) is 8.88. The van der Waals surface area contributed by atoms with Crippen molar-refractivity contribution in [3.8, 4) is 0 Å². The van der Waals surface area contributed by atoms with E-state index in [4.69, 9.17) is 4.74 Å². The highest BCUT2D eigenvalue weighted by molar-refractivity contribution is 4.65. The minimum Gasteiger partial charge on any atom is -0.377 e. The lowest BCUT2D eigenvalue weighted by Gasteiger charge is -2.22. The van der Waals surface area contributed by atoms with Crippen LogP contribution in [0.1, 0.15) is 53.4 Å². The summed E-state index contributed by atoms with van der Waals surface area (Å²) in [5, 5.41) is 3.43. The second-order valence-corrected chi connectivity index (χ2v) is 4.56. The maximum atomic E-state index is 5.89. The molecule has 0 aliphatic carbocycles. The first kappa shape index (κ1) is 14.9. The molecule has 1 N–H and O–H groups in total. The van der Waals surface area contributed by atoms with Gasteiger partial charge in [0.1, 0.15) is 0 Å². The van der Waals surface area contributed by atoms with Gasteiger partial charge in [-0.3, -0.25) is 0 Å². The summed E-state index contributed by atoms with van der Waals surface area (Å²) in [4.78, 5) is 0. The lowest BCUT2D eigenvalue weighted by Crippen LogP contribution is -2.33. The molecule has 0 rings (SSSR count). The fourth-order valence-corrected chi connectivity index (χ4v) is 1.49. The minimum absolute atomic E-state index is 0.383. The van der Waals surface area contributed by atoms with E-state index in [2.05, 4.69) is 33.0 Å². The van der Waals surface area contributed by atoms with Gasteiger partial charge in [-0.05, 0) is 25.3 Å². The molecule has 0 aromatic heterocycles. The van der Waals surface area contributed by atoms with Gasteiger partial charge in [-0.25, -0.2) is 0 Å². The second-order valence-electron chi connectivity index (χ2n) is 4.56. The van der Waals surface area contributed by atoms with Gasteiger partial charge in [0.05, 0.1) is 6.10 Å². The molecule has 1 atom stereocenters. The van der Waals surface area contributed by atoms with Crippen molar-refractivity contribution in [2.75, 3.05) is 19.7 Å². The van der Waals surface area contributed by atoms with Crippen molar-refractivity contribution in [3.05, 3.63) is 0 Å². The Morgan fingerprint density at radius 2 is 1.80 bits per heavy atom. The van der Waals surface area contributed by atoms with Crippen molar-refractivity contribution >= 4 is 0 Å². The number of rotatable bonds is 10. The van der Waals surface area contributed by atoms with Gasteiger partial charge < -0.3 is 10.1 Å². The molecular formula is C13H29NO. The van der Waals surface area contributed by atoms with Crippen LogP contribution in [0.25, 0.3) is 0 Å². The topological polar surface area (TPSA) is 21.3 Å². The Bertz CT molecular complexity index is 126. The van der Waals surface area contributed by atoms with Crippen molar-refractivity contribution in [1.82, 2.24) is 5.32 Å². The molecule has 0 aromatic carbocycles. The van der Waals surface area contributed by atoms with Gasteiger partial charge in [0, 0.05) is 13.2 Å². The average Bonchev–Trinajstić information content (AvgIpc) is 2.21. The molecule has 0 heterocycles. The third-order valence-corrected chi connectivity index (χ3v) is 2.60. The van der Waals surface area contributed by atoms with E-state index in [1.807, 2.05) is 0 Å². The maximum Gasteiger partial charge on any atom is 0.0722 e. The first-order valence-corrected chi connectivity index (χ1v) is 6.54. The minimum atomic E-state index is 0.383. The van der Waals surface area contributed by atoms with Crippen LogP contribution >= 0.6 is 0 Å². The number of ether oxygens (including phenoxy) is 1. The molecule has 1 unspecified atom stereocenters. The first-order valence-electron chi connectivity index (χ1n) is 6.54. The summed E-state index contributed by atoms with van der Waals surface area (Å²) in [6.07, 6.45) is 5.33. The van der Waals surface area contributed by atoms with Gasteiger partial charge in [-0.15, -0.1) is 0 Å². The first-order chi connectivity index (χ1) is 7.22.